The predicted octanol–water partition coefficient (Wildman–Crippen LogP) is 2.96. The summed E-state index contributed by atoms with van der Waals surface area (Å²) in [6, 6.07) is 9.44. The van der Waals surface area contributed by atoms with Crippen LogP contribution in [0.5, 0.6) is 0 Å². The van der Waals surface area contributed by atoms with Gasteiger partial charge in [0.1, 0.15) is 11.0 Å². The lowest BCUT2D eigenvalue weighted by Crippen LogP contribution is -2.03. The van der Waals surface area contributed by atoms with Gasteiger partial charge in [-0.2, -0.15) is 0 Å². The summed E-state index contributed by atoms with van der Waals surface area (Å²) >= 11 is 7.37. The Balaban J connectivity index is 2.07. The Morgan fingerprint density at radius 1 is 1.26 bits per heavy atom. The van der Waals surface area contributed by atoms with Crippen LogP contribution in [0.4, 0.5) is 5.82 Å². The lowest BCUT2D eigenvalue weighted by molar-refractivity contribution is 0.281. The topological polar surface area (TPSA) is 58.0 Å². The highest BCUT2D eigenvalue weighted by Crippen LogP contribution is 2.18. The molecule has 4 nitrogen and oxygen atoms in total. The van der Waals surface area contributed by atoms with E-state index in [1.54, 1.807) is 6.07 Å². The normalized spacial score (nSPS) is 10.5. The summed E-state index contributed by atoms with van der Waals surface area (Å²) in [6.45, 7) is 0.665. The number of rotatable bonds is 5. The molecule has 6 heteroatoms. The van der Waals surface area contributed by atoms with E-state index in [0.717, 1.165) is 11.1 Å². The maximum atomic E-state index is 9.09. The first-order valence-corrected chi connectivity index (χ1v) is 7.32. The van der Waals surface area contributed by atoms with E-state index < -0.39 is 0 Å². The molecule has 0 aliphatic heterocycles. The predicted molar refractivity (Wildman–Crippen MR) is 78.5 cm³/mol. The molecule has 0 unspecified atom stereocenters. The molecule has 0 atom stereocenters. The van der Waals surface area contributed by atoms with E-state index in [1.807, 2.05) is 30.5 Å². The van der Waals surface area contributed by atoms with Gasteiger partial charge in [0.25, 0.3) is 0 Å². The van der Waals surface area contributed by atoms with Gasteiger partial charge in [-0.3, -0.25) is 0 Å². The van der Waals surface area contributed by atoms with Crippen molar-refractivity contribution in [3.8, 4) is 0 Å². The third-order valence-electron chi connectivity index (χ3n) is 2.50. The van der Waals surface area contributed by atoms with Crippen LogP contribution in [0.15, 0.2) is 35.5 Å². The van der Waals surface area contributed by atoms with Gasteiger partial charge in [-0.25, -0.2) is 9.97 Å². The van der Waals surface area contributed by atoms with E-state index in [1.165, 1.54) is 11.8 Å². The second-order valence-electron chi connectivity index (χ2n) is 3.89. The monoisotopic (exact) mass is 295 g/mol. The highest BCUT2D eigenvalue weighted by Gasteiger charge is 2.02. The second kappa shape index (κ2) is 6.75. The molecule has 0 saturated carbocycles. The van der Waals surface area contributed by atoms with Gasteiger partial charge < -0.3 is 10.4 Å². The highest BCUT2D eigenvalue weighted by molar-refractivity contribution is 7.98. The Hall–Kier alpha value is -1.30. The summed E-state index contributed by atoms with van der Waals surface area (Å²) in [7, 11) is 0. The quantitative estimate of drug-likeness (QED) is 0.504. The van der Waals surface area contributed by atoms with Crippen LogP contribution >= 0.6 is 23.4 Å². The van der Waals surface area contributed by atoms with Crippen molar-refractivity contribution in [2.45, 2.75) is 18.3 Å². The number of aliphatic hydroxyl groups is 1. The van der Waals surface area contributed by atoms with Gasteiger partial charge in [-0.05, 0) is 17.4 Å². The Morgan fingerprint density at radius 3 is 2.79 bits per heavy atom. The molecule has 1 heterocycles. The number of aromatic nitrogens is 2. The van der Waals surface area contributed by atoms with Crippen LogP contribution in [0, 0.1) is 0 Å². The molecule has 2 aromatic rings. The number of halogens is 1. The van der Waals surface area contributed by atoms with Crippen LogP contribution in [0.3, 0.4) is 0 Å². The van der Waals surface area contributed by atoms with Crippen molar-refractivity contribution in [2.75, 3.05) is 11.6 Å². The molecule has 1 aromatic carbocycles. The van der Waals surface area contributed by atoms with Gasteiger partial charge in [0.2, 0.25) is 0 Å². The van der Waals surface area contributed by atoms with Crippen molar-refractivity contribution in [1.29, 1.82) is 0 Å². The van der Waals surface area contributed by atoms with E-state index in [4.69, 9.17) is 16.7 Å². The summed E-state index contributed by atoms with van der Waals surface area (Å²) in [4.78, 5) is 8.40. The summed E-state index contributed by atoms with van der Waals surface area (Å²) < 4.78 is 0. The number of anilines is 1. The van der Waals surface area contributed by atoms with E-state index in [-0.39, 0.29) is 6.61 Å². The van der Waals surface area contributed by atoms with E-state index in [2.05, 4.69) is 15.3 Å². The van der Waals surface area contributed by atoms with E-state index in [9.17, 15) is 0 Å². The number of nitrogens with zero attached hydrogens (tertiary/aromatic N) is 2. The molecule has 0 bridgehead atoms. The van der Waals surface area contributed by atoms with Crippen LogP contribution < -0.4 is 5.32 Å². The third-order valence-corrected chi connectivity index (χ3v) is 3.25. The molecule has 0 aliphatic carbocycles. The van der Waals surface area contributed by atoms with Gasteiger partial charge in [-0.15, -0.1) is 0 Å². The molecule has 19 heavy (non-hydrogen) atoms. The van der Waals surface area contributed by atoms with Gasteiger partial charge >= 0.3 is 0 Å². The molecule has 0 radical (unpaired) electrons. The molecular weight excluding hydrogens is 282 g/mol. The van der Waals surface area contributed by atoms with Crippen molar-refractivity contribution in [2.24, 2.45) is 0 Å². The first-order chi connectivity index (χ1) is 9.21. The van der Waals surface area contributed by atoms with Gasteiger partial charge in [-0.1, -0.05) is 47.6 Å². The Labute approximate surface area is 121 Å². The zero-order valence-corrected chi connectivity index (χ0v) is 12.0. The minimum atomic E-state index is 0.0454. The number of nitrogens with one attached hydrogen (secondary N) is 1. The summed E-state index contributed by atoms with van der Waals surface area (Å²) in [5.74, 6) is 0.693. The minimum absolute atomic E-state index is 0.0454. The molecule has 0 spiro atoms. The SMILES string of the molecule is CSc1nc(Cl)cc(NCc2cccc(CO)c2)n1. The summed E-state index contributed by atoms with van der Waals surface area (Å²) in [5, 5.41) is 13.3. The fourth-order valence-corrected chi connectivity index (χ4v) is 2.22. The van der Waals surface area contributed by atoms with Crippen molar-refractivity contribution in [3.05, 3.63) is 46.6 Å². The van der Waals surface area contributed by atoms with E-state index in [0.29, 0.717) is 22.7 Å². The molecule has 2 rings (SSSR count). The molecule has 0 saturated heterocycles. The lowest BCUT2D eigenvalue weighted by atomic mass is 10.1. The number of hydrogen-bond acceptors (Lipinski definition) is 5. The second-order valence-corrected chi connectivity index (χ2v) is 5.05. The molecular formula is C13H14ClN3OS. The highest BCUT2D eigenvalue weighted by atomic mass is 35.5. The molecule has 2 N–H and O–H groups in total. The summed E-state index contributed by atoms with van der Waals surface area (Å²) in [5.41, 5.74) is 1.97. The van der Waals surface area contributed by atoms with Crippen molar-refractivity contribution in [3.63, 3.8) is 0 Å². The standard InChI is InChI=1S/C13H14ClN3OS/c1-19-13-16-11(14)6-12(17-13)15-7-9-3-2-4-10(5-9)8-18/h2-6,18H,7-8H2,1H3,(H,15,16,17). The number of benzene rings is 1. The van der Waals surface area contributed by atoms with Crippen LogP contribution in [0.25, 0.3) is 0 Å². The van der Waals surface area contributed by atoms with Gasteiger partial charge in [0.05, 0.1) is 6.61 Å². The molecule has 0 fully saturated rings. The van der Waals surface area contributed by atoms with Gasteiger partial charge in [0, 0.05) is 12.6 Å². The fourth-order valence-electron chi connectivity index (χ4n) is 1.61. The maximum Gasteiger partial charge on any atom is 0.190 e. The van der Waals surface area contributed by atoms with Crippen molar-refractivity contribution < 1.29 is 5.11 Å². The zero-order chi connectivity index (χ0) is 13.7. The first kappa shape index (κ1) is 14.1. The largest absolute Gasteiger partial charge is 0.392 e. The van der Waals surface area contributed by atoms with Gasteiger partial charge in [0.15, 0.2) is 5.16 Å². The van der Waals surface area contributed by atoms with Crippen molar-refractivity contribution in [1.82, 2.24) is 9.97 Å². The third kappa shape index (κ3) is 4.09. The average molecular weight is 296 g/mol. The molecule has 0 amide bonds. The average Bonchev–Trinajstić information content (AvgIpc) is 2.44. The number of thioether (sulfide) groups is 1. The van der Waals surface area contributed by atoms with E-state index >= 15 is 0 Å². The van der Waals surface area contributed by atoms with Crippen LogP contribution in [0.2, 0.25) is 5.15 Å². The lowest BCUT2D eigenvalue weighted by Gasteiger charge is -2.08. The fraction of sp³-hybridized carbons (Fsp3) is 0.231. The number of aliphatic hydroxyl groups excluding tert-OH is 1. The maximum absolute atomic E-state index is 9.09. The van der Waals surface area contributed by atoms with Crippen LogP contribution in [0.1, 0.15) is 11.1 Å². The Bertz CT molecular complexity index is 565. The molecule has 100 valence electrons. The minimum Gasteiger partial charge on any atom is -0.392 e. The van der Waals surface area contributed by atoms with Crippen molar-refractivity contribution >= 4 is 29.2 Å². The molecule has 1 aromatic heterocycles. The van der Waals surface area contributed by atoms with Crippen LogP contribution in [-0.4, -0.2) is 21.3 Å². The Morgan fingerprint density at radius 2 is 2.05 bits per heavy atom. The van der Waals surface area contributed by atoms with Crippen LogP contribution in [-0.2, 0) is 13.2 Å². The number of hydrogen-bond donors (Lipinski definition) is 2. The molecule has 0 aliphatic rings. The summed E-state index contributed by atoms with van der Waals surface area (Å²) in [6.07, 6.45) is 1.90. The Kier molecular flexibility index (Phi) is 5.01. The zero-order valence-electron chi connectivity index (χ0n) is 10.4. The smallest absolute Gasteiger partial charge is 0.190 e. The first-order valence-electron chi connectivity index (χ1n) is 5.72.